The topological polar surface area (TPSA) is 77.9 Å². The van der Waals surface area contributed by atoms with Gasteiger partial charge in [0.2, 0.25) is 0 Å². The lowest BCUT2D eigenvalue weighted by Crippen LogP contribution is -2.07. The number of aromatic nitrogens is 4. The van der Waals surface area contributed by atoms with E-state index in [-0.39, 0.29) is 23.5 Å². The number of aryl methyl sites for hydroxylation is 1. The molecule has 0 bridgehead atoms. The molecule has 0 saturated heterocycles. The third-order valence-corrected chi connectivity index (χ3v) is 3.11. The number of carbonyl (C=O) groups excluding carboxylic acids is 1. The monoisotopic (exact) mass is 324 g/mol. The molecular weight excluding hydrogens is 311 g/mol. The summed E-state index contributed by atoms with van der Waals surface area (Å²) in [5, 5.41) is 0. The van der Waals surface area contributed by atoms with Crippen molar-refractivity contribution in [2.75, 3.05) is 0 Å². The summed E-state index contributed by atoms with van der Waals surface area (Å²) in [6, 6.07) is 3.83. The van der Waals surface area contributed by atoms with Crippen molar-refractivity contribution >= 4 is 5.78 Å². The second-order valence-electron chi connectivity index (χ2n) is 5.10. The minimum absolute atomic E-state index is 0.0338. The lowest BCUT2D eigenvalue weighted by Gasteiger charge is -2.07. The van der Waals surface area contributed by atoms with Crippen LogP contribution in [0.1, 0.15) is 21.7 Å². The fourth-order valence-electron chi connectivity index (χ4n) is 2.12. The van der Waals surface area contributed by atoms with Gasteiger partial charge in [-0.05, 0) is 19.1 Å². The highest BCUT2D eigenvalue weighted by Gasteiger charge is 2.12. The Hall–Kier alpha value is -3.22. The number of benzene rings is 1. The van der Waals surface area contributed by atoms with Gasteiger partial charge in [0, 0.05) is 24.0 Å². The number of hydrogen-bond acceptors (Lipinski definition) is 6. The van der Waals surface area contributed by atoms with E-state index in [0.717, 1.165) is 0 Å². The third-order valence-electron chi connectivity index (χ3n) is 3.11. The highest BCUT2D eigenvalue weighted by molar-refractivity contribution is 5.97. The minimum Gasteiger partial charge on any atom is -0.454 e. The molecule has 0 atom stereocenters. The lowest BCUT2D eigenvalue weighted by atomic mass is 10.1. The number of hydrogen-bond donors (Lipinski definition) is 0. The zero-order chi connectivity index (χ0) is 16.9. The molecule has 0 unspecified atom stereocenters. The first-order chi connectivity index (χ1) is 11.6. The van der Waals surface area contributed by atoms with Crippen LogP contribution in [0.15, 0.2) is 49.3 Å². The van der Waals surface area contributed by atoms with Gasteiger partial charge < -0.3 is 4.74 Å². The molecule has 3 aromatic rings. The molecule has 0 radical (unpaired) electrons. The highest BCUT2D eigenvalue weighted by atomic mass is 19.1. The van der Waals surface area contributed by atoms with Crippen LogP contribution in [0.2, 0.25) is 0 Å². The van der Waals surface area contributed by atoms with Crippen LogP contribution in [-0.2, 0) is 6.42 Å². The molecule has 7 heteroatoms. The molecular formula is C17H13FN4O2. The van der Waals surface area contributed by atoms with Crippen molar-refractivity contribution in [2.24, 2.45) is 0 Å². The molecule has 1 aromatic carbocycles. The lowest BCUT2D eigenvalue weighted by molar-refractivity contribution is 0.0991. The van der Waals surface area contributed by atoms with Crippen LogP contribution in [0.4, 0.5) is 4.39 Å². The number of Topliss-reactive ketones (excluding diaryl/α,β-unsaturated/α-hetero) is 1. The maximum atomic E-state index is 13.8. The molecule has 0 aliphatic heterocycles. The highest BCUT2D eigenvalue weighted by Crippen LogP contribution is 2.23. The zero-order valence-corrected chi connectivity index (χ0v) is 12.8. The van der Waals surface area contributed by atoms with E-state index < -0.39 is 5.82 Å². The van der Waals surface area contributed by atoms with E-state index in [0.29, 0.717) is 17.1 Å². The van der Waals surface area contributed by atoms with Crippen molar-refractivity contribution < 1.29 is 13.9 Å². The van der Waals surface area contributed by atoms with Gasteiger partial charge in [-0.25, -0.2) is 14.4 Å². The van der Waals surface area contributed by atoms with E-state index in [1.54, 1.807) is 13.1 Å². The smallest absolute Gasteiger partial charge is 0.169 e. The summed E-state index contributed by atoms with van der Waals surface area (Å²) in [7, 11) is 0. The average molecular weight is 324 g/mol. The van der Waals surface area contributed by atoms with E-state index in [4.69, 9.17) is 4.74 Å². The molecule has 0 aliphatic carbocycles. The second kappa shape index (κ2) is 6.91. The van der Waals surface area contributed by atoms with E-state index in [2.05, 4.69) is 19.9 Å². The molecule has 0 saturated carbocycles. The Morgan fingerprint density at radius 2 is 1.83 bits per heavy atom. The van der Waals surface area contributed by atoms with Gasteiger partial charge in [0.15, 0.2) is 11.5 Å². The molecule has 2 heterocycles. The van der Waals surface area contributed by atoms with Crippen molar-refractivity contribution in [3.63, 3.8) is 0 Å². The first-order valence-corrected chi connectivity index (χ1v) is 7.14. The zero-order valence-electron chi connectivity index (χ0n) is 12.8. The van der Waals surface area contributed by atoms with Gasteiger partial charge in [-0.2, -0.15) is 0 Å². The summed E-state index contributed by atoms with van der Waals surface area (Å²) >= 11 is 0. The molecule has 0 N–H and O–H groups in total. The summed E-state index contributed by atoms with van der Waals surface area (Å²) in [5.74, 6) is -0.291. The van der Waals surface area contributed by atoms with Crippen LogP contribution in [0.3, 0.4) is 0 Å². The average Bonchev–Trinajstić information content (AvgIpc) is 2.55. The maximum absolute atomic E-state index is 13.8. The molecule has 3 rings (SSSR count). The summed E-state index contributed by atoms with van der Waals surface area (Å²) in [6.07, 6.45) is 7.40. The van der Waals surface area contributed by atoms with Gasteiger partial charge in [0.25, 0.3) is 0 Å². The molecule has 0 amide bonds. The predicted molar refractivity (Wildman–Crippen MR) is 83.3 cm³/mol. The van der Waals surface area contributed by atoms with Crippen molar-refractivity contribution in [3.05, 3.63) is 72.1 Å². The van der Waals surface area contributed by atoms with Crippen LogP contribution in [0.5, 0.6) is 11.5 Å². The Morgan fingerprint density at radius 1 is 1.04 bits per heavy atom. The molecule has 0 spiro atoms. The molecule has 24 heavy (non-hydrogen) atoms. The molecule has 0 fully saturated rings. The molecule has 6 nitrogen and oxygen atoms in total. The Kier molecular flexibility index (Phi) is 4.51. The maximum Gasteiger partial charge on any atom is 0.169 e. The van der Waals surface area contributed by atoms with E-state index in [9.17, 15) is 9.18 Å². The largest absolute Gasteiger partial charge is 0.454 e. The van der Waals surface area contributed by atoms with Gasteiger partial charge >= 0.3 is 0 Å². The molecule has 120 valence electrons. The number of nitrogens with zero attached hydrogens (tertiary/aromatic N) is 4. The van der Waals surface area contributed by atoms with E-state index in [1.165, 1.54) is 43.1 Å². The van der Waals surface area contributed by atoms with Gasteiger partial charge in [-0.15, -0.1) is 0 Å². The van der Waals surface area contributed by atoms with Crippen molar-refractivity contribution in [2.45, 2.75) is 13.3 Å². The van der Waals surface area contributed by atoms with Gasteiger partial charge in [-0.3, -0.25) is 14.8 Å². The van der Waals surface area contributed by atoms with Crippen LogP contribution >= 0.6 is 0 Å². The van der Waals surface area contributed by atoms with Gasteiger partial charge in [-0.1, -0.05) is 0 Å². The number of halogens is 1. The Bertz CT molecular complexity index is 871. The first kappa shape index (κ1) is 15.7. The van der Waals surface area contributed by atoms with Crippen LogP contribution in [0, 0.1) is 12.7 Å². The fraction of sp³-hybridized carbons (Fsp3) is 0.118. The summed E-state index contributed by atoms with van der Waals surface area (Å²) < 4.78 is 19.3. The number of carbonyl (C=O) groups is 1. The summed E-state index contributed by atoms with van der Waals surface area (Å²) in [6.45, 7) is 1.79. The quantitative estimate of drug-likeness (QED) is 0.672. The number of ether oxygens (including phenoxy) is 1. The fourth-order valence-corrected chi connectivity index (χ4v) is 2.12. The summed E-state index contributed by atoms with van der Waals surface area (Å²) in [4.78, 5) is 28.2. The van der Waals surface area contributed by atoms with Gasteiger partial charge in [0.05, 0.1) is 30.2 Å². The van der Waals surface area contributed by atoms with Crippen LogP contribution in [0.25, 0.3) is 0 Å². The number of rotatable bonds is 5. The van der Waals surface area contributed by atoms with E-state index in [1.807, 2.05) is 0 Å². The van der Waals surface area contributed by atoms with Crippen LogP contribution < -0.4 is 4.74 Å². The molecule has 2 aromatic heterocycles. The Morgan fingerprint density at radius 3 is 2.58 bits per heavy atom. The Labute approximate surface area is 137 Å². The number of ketones is 1. The van der Waals surface area contributed by atoms with Crippen molar-refractivity contribution in [3.8, 4) is 11.5 Å². The normalized spacial score (nSPS) is 10.4. The Balaban J connectivity index is 1.81. The minimum atomic E-state index is -0.567. The predicted octanol–water partition coefficient (Wildman–Crippen LogP) is 2.93. The SMILES string of the molecule is Cc1cncc(CC(=O)c2cc(F)cc(Oc3cncnc3)c2)n1. The third kappa shape index (κ3) is 3.95. The van der Waals surface area contributed by atoms with Gasteiger partial charge in [0.1, 0.15) is 17.9 Å². The van der Waals surface area contributed by atoms with Crippen LogP contribution in [-0.4, -0.2) is 25.7 Å². The van der Waals surface area contributed by atoms with E-state index >= 15 is 0 Å². The molecule has 0 aliphatic rings. The summed E-state index contributed by atoms with van der Waals surface area (Å²) in [5.41, 5.74) is 1.45. The second-order valence-corrected chi connectivity index (χ2v) is 5.10. The van der Waals surface area contributed by atoms with Crippen molar-refractivity contribution in [1.82, 2.24) is 19.9 Å². The van der Waals surface area contributed by atoms with Crippen molar-refractivity contribution in [1.29, 1.82) is 0 Å². The standard InChI is InChI=1S/C17H13FN4O2/c1-11-6-19-7-14(22-11)5-17(23)12-2-13(18)4-15(3-12)24-16-8-20-10-21-9-16/h2-4,6-10H,5H2,1H3. The first-order valence-electron chi connectivity index (χ1n) is 7.14.